The van der Waals surface area contributed by atoms with E-state index in [4.69, 9.17) is 0 Å². The molecule has 76 valence electrons. The third kappa shape index (κ3) is 1.75. The van der Waals surface area contributed by atoms with E-state index in [0.717, 1.165) is 12.1 Å². The predicted octanol–water partition coefficient (Wildman–Crippen LogP) is 1.61. The number of fused-ring (bicyclic) bond motifs is 1. The Balaban J connectivity index is 2.10. The molecule has 0 saturated carbocycles. The first-order valence-electron chi connectivity index (χ1n) is 5.59. The van der Waals surface area contributed by atoms with E-state index in [1.165, 1.54) is 32.4 Å². The third-order valence-corrected chi connectivity index (χ3v) is 3.49. The minimum Gasteiger partial charge on any atom is -0.312 e. The Bertz CT molecular complexity index is 183. The predicted molar refractivity (Wildman–Crippen MR) is 55.9 cm³/mol. The van der Waals surface area contributed by atoms with Gasteiger partial charge >= 0.3 is 0 Å². The fourth-order valence-electron chi connectivity index (χ4n) is 2.90. The molecular formula is C11H22N2. The van der Waals surface area contributed by atoms with Crippen LogP contribution in [0.15, 0.2) is 0 Å². The van der Waals surface area contributed by atoms with Gasteiger partial charge in [0.2, 0.25) is 0 Å². The van der Waals surface area contributed by atoms with E-state index in [1.807, 2.05) is 0 Å². The van der Waals surface area contributed by atoms with Crippen molar-refractivity contribution in [3.8, 4) is 0 Å². The third-order valence-electron chi connectivity index (χ3n) is 3.49. The maximum atomic E-state index is 3.62. The first kappa shape index (κ1) is 9.47. The van der Waals surface area contributed by atoms with Crippen LogP contribution in [0, 0.1) is 0 Å². The van der Waals surface area contributed by atoms with Crippen molar-refractivity contribution >= 4 is 0 Å². The lowest BCUT2D eigenvalue weighted by atomic mass is 9.92. The molecule has 2 unspecified atom stereocenters. The van der Waals surface area contributed by atoms with E-state index in [-0.39, 0.29) is 0 Å². The van der Waals surface area contributed by atoms with Crippen LogP contribution in [0.4, 0.5) is 0 Å². The average Bonchev–Trinajstić information content (AvgIpc) is 2.48. The van der Waals surface area contributed by atoms with Crippen molar-refractivity contribution in [3.05, 3.63) is 0 Å². The van der Waals surface area contributed by atoms with E-state index in [0.29, 0.717) is 5.54 Å². The minimum atomic E-state index is 0.357. The number of likely N-dealkylation sites (tertiary alicyclic amines) is 1. The Kier molecular flexibility index (Phi) is 2.37. The maximum absolute atomic E-state index is 3.62. The molecule has 0 amide bonds. The average molecular weight is 182 g/mol. The van der Waals surface area contributed by atoms with Crippen LogP contribution in [0.1, 0.15) is 40.0 Å². The van der Waals surface area contributed by atoms with Gasteiger partial charge in [-0.1, -0.05) is 0 Å². The molecule has 1 N–H and O–H groups in total. The summed E-state index contributed by atoms with van der Waals surface area (Å²) in [6, 6.07) is 1.60. The smallest absolute Gasteiger partial charge is 0.0266 e. The van der Waals surface area contributed by atoms with Crippen LogP contribution in [-0.4, -0.2) is 35.6 Å². The Morgan fingerprint density at radius 2 is 2.00 bits per heavy atom. The summed E-state index contributed by atoms with van der Waals surface area (Å²) >= 11 is 0. The van der Waals surface area contributed by atoms with Crippen molar-refractivity contribution in [3.63, 3.8) is 0 Å². The fraction of sp³-hybridized carbons (Fsp3) is 1.00. The number of hydrogen-bond acceptors (Lipinski definition) is 2. The van der Waals surface area contributed by atoms with Gasteiger partial charge in [-0.25, -0.2) is 0 Å². The zero-order valence-electron chi connectivity index (χ0n) is 9.14. The summed E-state index contributed by atoms with van der Waals surface area (Å²) in [4.78, 5) is 2.70. The van der Waals surface area contributed by atoms with Crippen LogP contribution in [0.5, 0.6) is 0 Å². The molecule has 0 aromatic rings. The maximum Gasteiger partial charge on any atom is 0.0266 e. The van der Waals surface area contributed by atoms with Crippen molar-refractivity contribution in [2.24, 2.45) is 0 Å². The highest BCUT2D eigenvalue weighted by atomic mass is 15.3. The zero-order valence-corrected chi connectivity index (χ0v) is 9.14. The lowest BCUT2D eigenvalue weighted by Gasteiger charge is -2.45. The number of hydrogen-bond donors (Lipinski definition) is 1. The number of nitrogens with zero attached hydrogens (tertiary/aromatic N) is 1. The van der Waals surface area contributed by atoms with Crippen molar-refractivity contribution in [2.75, 3.05) is 13.1 Å². The number of rotatable bonds is 0. The van der Waals surface area contributed by atoms with Crippen LogP contribution in [0.2, 0.25) is 0 Å². The highest BCUT2D eigenvalue weighted by Crippen LogP contribution is 2.29. The van der Waals surface area contributed by atoms with Gasteiger partial charge in [0, 0.05) is 17.6 Å². The van der Waals surface area contributed by atoms with E-state index < -0.39 is 0 Å². The molecule has 0 bridgehead atoms. The second kappa shape index (κ2) is 3.25. The van der Waals surface area contributed by atoms with Gasteiger partial charge in [0.25, 0.3) is 0 Å². The minimum absolute atomic E-state index is 0.357. The molecule has 0 aliphatic carbocycles. The van der Waals surface area contributed by atoms with Gasteiger partial charge in [-0.05, 0) is 53.1 Å². The molecule has 0 spiro atoms. The summed E-state index contributed by atoms with van der Waals surface area (Å²) < 4.78 is 0. The molecule has 0 aromatic carbocycles. The molecule has 0 aromatic heterocycles. The van der Waals surface area contributed by atoms with Gasteiger partial charge in [-0.2, -0.15) is 0 Å². The summed E-state index contributed by atoms with van der Waals surface area (Å²) in [5, 5.41) is 3.62. The Morgan fingerprint density at radius 3 is 2.69 bits per heavy atom. The Hall–Kier alpha value is -0.0800. The number of piperidine rings is 1. The topological polar surface area (TPSA) is 15.3 Å². The first-order chi connectivity index (χ1) is 6.09. The molecule has 2 nitrogen and oxygen atoms in total. The van der Waals surface area contributed by atoms with E-state index in [1.54, 1.807) is 0 Å². The molecule has 0 radical (unpaired) electrons. The molecule has 2 aliphatic heterocycles. The second-order valence-electron chi connectivity index (χ2n) is 5.42. The normalized spacial score (nSPS) is 36.2. The SMILES string of the molecule is CC(C)(C)N1CCCC2NCCC21. The fourth-order valence-corrected chi connectivity index (χ4v) is 2.90. The van der Waals surface area contributed by atoms with Gasteiger partial charge < -0.3 is 5.32 Å². The van der Waals surface area contributed by atoms with Crippen molar-refractivity contribution < 1.29 is 0 Å². The van der Waals surface area contributed by atoms with Crippen LogP contribution < -0.4 is 5.32 Å². The van der Waals surface area contributed by atoms with Crippen molar-refractivity contribution in [2.45, 2.75) is 57.7 Å². The summed E-state index contributed by atoms with van der Waals surface area (Å²) in [6.45, 7) is 9.54. The highest BCUT2D eigenvalue weighted by Gasteiger charge is 2.39. The second-order valence-corrected chi connectivity index (χ2v) is 5.42. The largest absolute Gasteiger partial charge is 0.312 e. The zero-order chi connectivity index (χ0) is 9.47. The van der Waals surface area contributed by atoms with Crippen LogP contribution in [-0.2, 0) is 0 Å². The lowest BCUT2D eigenvalue weighted by Crippen LogP contribution is -2.55. The molecule has 2 rings (SSSR count). The van der Waals surface area contributed by atoms with Gasteiger partial charge in [-0.3, -0.25) is 4.90 Å². The van der Waals surface area contributed by atoms with E-state index in [9.17, 15) is 0 Å². The Morgan fingerprint density at radius 1 is 1.23 bits per heavy atom. The summed E-state index contributed by atoms with van der Waals surface area (Å²) in [7, 11) is 0. The summed E-state index contributed by atoms with van der Waals surface area (Å²) in [6.07, 6.45) is 4.10. The number of nitrogens with one attached hydrogen (secondary N) is 1. The van der Waals surface area contributed by atoms with Crippen LogP contribution >= 0.6 is 0 Å². The summed E-state index contributed by atoms with van der Waals surface area (Å²) in [5.74, 6) is 0. The highest BCUT2D eigenvalue weighted by molar-refractivity contribution is 4.98. The molecule has 2 atom stereocenters. The Labute approximate surface area is 81.7 Å². The van der Waals surface area contributed by atoms with Crippen LogP contribution in [0.3, 0.4) is 0 Å². The van der Waals surface area contributed by atoms with Gasteiger partial charge in [0.1, 0.15) is 0 Å². The van der Waals surface area contributed by atoms with Crippen molar-refractivity contribution in [1.82, 2.24) is 10.2 Å². The van der Waals surface area contributed by atoms with E-state index >= 15 is 0 Å². The molecule has 2 aliphatic rings. The molecular weight excluding hydrogens is 160 g/mol. The van der Waals surface area contributed by atoms with Crippen LogP contribution in [0.25, 0.3) is 0 Å². The molecule has 2 saturated heterocycles. The molecule has 13 heavy (non-hydrogen) atoms. The summed E-state index contributed by atoms with van der Waals surface area (Å²) in [5.41, 5.74) is 0.357. The quantitative estimate of drug-likeness (QED) is 0.612. The van der Waals surface area contributed by atoms with Gasteiger partial charge in [0.15, 0.2) is 0 Å². The monoisotopic (exact) mass is 182 g/mol. The molecule has 2 fully saturated rings. The van der Waals surface area contributed by atoms with Gasteiger partial charge in [-0.15, -0.1) is 0 Å². The molecule has 2 heterocycles. The molecule has 2 heteroatoms. The van der Waals surface area contributed by atoms with E-state index in [2.05, 4.69) is 31.0 Å². The standard InChI is InChI=1S/C11H22N2/c1-11(2,3)13-8-4-5-9-10(13)6-7-12-9/h9-10,12H,4-8H2,1-3H3. The lowest BCUT2D eigenvalue weighted by molar-refractivity contribution is 0.0469. The van der Waals surface area contributed by atoms with Crippen molar-refractivity contribution in [1.29, 1.82) is 0 Å². The van der Waals surface area contributed by atoms with Gasteiger partial charge in [0.05, 0.1) is 0 Å². The first-order valence-corrected chi connectivity index (χ1v) is 5.59.